The lowest BCUT2D eigenvalue weighted by atomic mass is 10.1. The van der Waals surface area contributed by atoms with Crippen molar-refractivity contribution in [2.24, 2.45) is 0 Å². The molecule has 0 atom stereocenters. The van der Waals surface area contributed by atoms with E-state index in [1.807, 2.05) is 25.1 Å². The van der Waals surface area contributed by atoms with Crippen molar-refractivity contribution in [2.75, 3.05) is 0 Å². The number of rotatable bonds is 3. The van der Waals surface area contributed by atoms with E-state index in [4.69, 9.17) is 39.5 Å². The molecule has 2 rings (SSSR count). The van der Waals surface area contributed by atoms with Gasteiger partial charge in [-0.3, -0.25) is 0 Å². The molecule has 0 saturated heterocycles. The number of benzene rings is 2. The van der Waals surface area contributed by atoms with Crippen LogP contribution in [0.15, 0.2) is 36.4 Å². The van der Waals surface area contributed by atoms with Gasteiger partial charge in [-0.25, -0.2) is 0 Å². The highest BCUT2D eigenvalue weighted by molar-refractivity contribution is 6.35. The SMILES string of the molecule is Cc1ccc(Oc2ccc(Cl)cc2Cl)c(CCl)c1. The number of aryl methyl sites for hydroxylation is 1. The lowest BCUT2D eigenvalue weighted by Gasteiger charge is -2.11. The number of hydrogen-bond acceptors (Lipinski definition) is 1. The van der Waals surface area contributed by atoms with Crippen molar-refractivity contribution in [2.45, 2.75) is 12.8 Å². The molecular formula is C14H11Cl3O. The molecule has 0 aromatic heterocycles. The van der Waals surface area contributed by atoms with Crippen LogP contribution in [0.3, 0.4) is 0 Å². The van der Waals surface area contributed by atoms with Gasteiger partial charge >= 0.3 is 0 Å². The fraction of sp³-hybridized carbons (Fsp3) is 0.143. The molecule has 4 heteroatoms. The molecule has 1 nitrogen and oxygen atoms in total. The van der Waals surface area contributed by atoms with Crippen molar-refractivity contribution >= 4 is 34.8 Å². The van der Waals surface area contributed by atoms with E-state index in [1.165, 1.54) is 0 Å². The van der Waals surface area contributed by atoms with E-state index in [-0.39, 0.29) is 0 Å². The van der Waals surface area contributed by atoms with E-state index in [1.54, 1.807) is 18.2 Å². The number of ether oxygens (including phenoxy) is 1. The molecule has 0 radical (unpaired) electrons. The van der Waals surface area contributed by atoms with Crippen LogP contribution in [0, 0.1) is 6.92 Å². The van der Waals surface area contributed by atoms with Gasteiger partial charge in [-0.15, -0.1) is 11.6 Å². The maximum Gasteiger partial charge on any atom is 0.146 e. The molecule has 18 heavy (non-hydrogen) atoms. The number of halogens is 3. The summed E-state index contributed by atoms with van der Waals surface area (Å²) in [5.74, 6) is 1.67. The number of hydrogen-bond donors (Lipinski definition) is 0. The first-order chi connectivity index (χ1) is 8.60. The van der Waals surface area contributed by atoms with E-state index in [0.29, 0.717) is 27.4 Å². The maximum absolute atomic E-state index is 6.06. The van der Waals surface area contributed by atoms with E-state index in [0.717, 1.165) is 11.1 Å². The fourth-order valence-electron chi connectivity index (χ4n) is 1.59. The van der Waals surface area contributed by atoms with Gasteiger partial charge in [-0.2, -0.15) is 0 Å². The molecular weight excluding hydrogens is 291 g/mol. The highest BCUT2D eigenvalue weighted by Gasteiger charge is 2.08. The van der Waals surface area contributed by atoms with Crippen molar-refractivity contribution in [3.63, 3.8) is 0 Å². The van der Waals surface area contributed by atoms with Crippen LogP contribution in [-0.4, -0.2) is 0 Å². The summed E-state index contributed by atoms with van der Waals surface area (Å²) in [7, 11) is 0. The van der Waals surface area contributed by atoms with Crippen molar-refractivity contribution in [1.82, 2.24) is 0 Å². The van der Waals surface area contributed by atoms with Crippen molar-refractivity contribution in [3.05, 3.63) is 57.6 Å². The molecule has 2 aromatic carbocycles. The van der Waals surface area contributed by atoms with Gasteiger partial charge in [0.05, 0.1) is 10.9 Å². The molecule has 0 unspecified atom stereocenters. The predicted molar refractivity (Wildman–Crippen MR) is 77.3 cm³/mol. The zero-order valence-corrected chi connectivity index (χ0v) is 12.0. The topological polar surface area (TPSA) is 9.23 Å². The summed E-state index contributed by atoms with van der Waals surface area (Å²) in [4.78, 5) is 0. The molecule has 0 amide bonds. The Labute approximate surface area is 121 Å². The van der Waals surface area contributed by atoms with Crippen LogP contribution in [0.4, 0.5) is 0 Å². The average molecular weight is 302 g/mol. The summed E-state index contributed by atoms with van der Waals surface area (Å²) in [6.07, 6.45) is 0. The fourth-order valence-corrected chi connectivity index (χ4v) is 2.24. The van der Waals surface area contributed by atoms with E-state index in [2.05, 4.69) is 0 Å². The van der Waals surface area contributed by atoms with Crippen LogP contribution < -0.4 is 4.74 Å². The second kappa shape index (κ2) is 5.83. The van der Waals surface area contributed by atoms with Crippen LogP contribution in [0.2, 0.25) is 10.0 Å². The van der Waals surface area contributed by atoms with E-state index >= 15 is 0 Å². The van der Waals surface area contributed by atoms with Gasteiger partial charge < -0.3 is 4.74 Å². The molecule has 0 aliphatic heterocycles. The Morgan fingerprint density at radius 1 is 1.00 bits per heavy atom. The lowest BCUT2D eigenvalue weighted by Crippen LogP contribution is -1.91. The molecule has 0 saturated carbocycles. The Bertz CT molecular complexity index is 567. The average Bonchev–Trinajstić information content (AvgIpc) is 2.34. The third-order valence-corrected chi connectivity index (χ3v) is 3.29. The summed E-state index contributed by atoms with van der Waals surface area (Å²) < 4.78 is 5.77. The quantitative estimate of drug-likeness (QED) is 0.648. The van der Waals surface area contributed by atoms with Gasteiger partial charge in [0.25, 0.3) is 0 Å². The Morgan fingerprint density at radius 2 is 1.72 bits per heavy atom. The van der Waals surface area contributed by atoms with Crippen LogP contribution in [-0.2, 0) is 5.88 Å². The second-order valence-corrected chi connectivity index (χ2v) is 5.03. The van der Waals surface area contributed by atoms with Gasteiger partial charge in [0, 0.05) is 10.6 Å². The molecule has 0 aliphatic rings. The third-order valence-electron chi connectivity index (χ3n) is 2.47. The van der Waals surface area contributed by atoms with Gasteiger partial charge in [-0.05, 0) is 31.2 Å². The molecule has 0 aliphatic carbocycles. The van der Waals surface area contributed by atoms with Gasteiger partial charge in [0.15, 0.2) is 0 Å². The van der Waals surface area contributed by atoms with Crippen LogP contribution >= 0.6 is 34.8 Å². The van der Waals surface area contributed by atoms with Crippen LogP contribution in [0.5, 0.6) is 11.5 Å². The Kier molecular flexibility index (Phi) is 4.39. The van der Waals surface area contributed by atoms with E-state index < -0.39 is 0 Å². The Hall–Kier alpha value is -0.890. The van der Waals surface area contributed by atoms with Gasteiger partial charge in [0.2, 0.25) is 0 Å². The summed E-state index contributed by atoms with van der Waals surface area (Å²) in [5, 5.41) is 1.05. The maximum atomic E-state index is 6.06. The summed E-state index contributed by atoms with van der Waals surface area (Å²) in [6.45, 7) is 2.01. The summed E-state index contributed by atoms with van der Waals surface area (Å²) >= 11 is 17.8. The summed E-state index contributed by atoms with van der Waals surface area (Å²) in [6, 6.07) is 11.0. The highest BCUT2D eigenvalue weighted by atomic mass is 35.5. The summed E-state index contributed by atoms with van der Waals surface area (Å²) in [5.41, 5.74) is 2.07. The second-order valence-electron chi connectivity index (χ2n) is 3.92. The highest BCUT2D eigenvalue weighted by Crippen LogP contribution is 2.33. The van der Waals surface area contributed by atoms with Crippen molar-refractivity contribution < 1.29 is 4.74 Å². The standard InChI is InChI=1S/C14H11Cl3O/c1-9-2-4-13(10(6-9)8-15)18-14-5-3-11(16)7-12(14)17/h2-7H,8H2,1H3. The predicted octanol–water partition coefficient (Wildman–Crippen LogP) is 5.83. The molecule has 94 valence electrons. The van der Waals surface area contributed by atoms with Crippen molar-refractivity contribution in [3.8, 4) is 11.5 Å². The zero-order chi connectivity index (χ0) is 13.1. The zero-order valence-electron chi connectivity index (χ0n) is 9.71. The molecule has 0 bridgehead atoms. The first kappa shape index (κ1) is 13.5. The lowest BCUT2D eigenvalue weighted by molar-refractivity contribution is 0.478. The van der Waals surface area contributed by atoms with Crippen molar-refractivity contribution in [1.29, 1.82) is 0 Å². The monoisotopic (exact) mass is 300 g/mol. The minimum atomic E-state index is 0.391. The molecule has 0 N–H and O–H groups in total. The largest absolute Gasteiger partial charge is 0.455 e. The minimum Gasteiger partial charge on any atom is -0.455 e. The van der Waals surface area contributed by atoms with Crippen LogP contribution in [0.25, 0.3) is 0 Å². The molecule has 0 spiro atoms. The Morgan fingerprint density at radius 3 is 2.39 bits per heavy atom. The van der Waals surface area contributed by atoms with Gasteiger partial charge in [0.1, 0.15) is 11.5 Å². The molecule has 0 heterocycles. The molecule has 2 aromatic rings. The van der Waals surface area contributed by atoms with E-state index in [9.17, 15) is 0 Å². The first-order valence-corrected chi connectivity index (χ1v) is 6.67. The Balaban J connectivity index is 2.33. The minimum absolute atomic E-state index is 0.391. The molecule has 0 fully saturated rings. The third kappa shape index (κ3) is 3.11. The van der Waals surface area contributed by atoms with Gasteiger partial charge in [-0.1, -0.05) is 40.9 Å². The number of alkyl halides is 1. The first-order valence-electron chi connectivity index (χ1n) is 5.38. The van der Waals surface area contributed by atoms with Crippen LogP contribution in [0.1, 0.15) is 11.1 Å². The smallest absolute Gasteiger partial charge is 0.146 e. The normalized spacial score (nSPS) is 10.4.